The van der Waals surface area contributed by atoms with Crippen molar-refractivity contribution in [1.82, 2.24) is 9.97 Å². The van der Waals surface area contributed by atoms with Crippen LogP contribution < -0.4 is 5.32 Å². The van der Waals surface area contributed by atoms with E-state index in [2.05, 4.69) is 15.3 Å². The third-order valence-corrected chi connectivity index (χ3v) is 5.06. The van der Waals surface area contributed by atoms with Crippen molar-refractivity contribution in [3.8, 4) is 0 Å². The average Bonchev–Trinajstić information content (AvgIpc) is 2.93. The van der Waals surface area contributed by atoms with Gasteiger partial charge in [0.15, 0.2) is 5.16 Å². The Kier molecular flexibility index (Phi) is 4.28. The molecule has 1 aliphatic heterocycles. The van der Waals surface area contributed by atoms with Gasteiger partial charge in [-0.25, -0.2) is 9.97 Å². The van der Waals surface area contributed by atoms with Gasteiger partial charge in [0.2, 0.25) is 0 Å². The number of carbonyl (C=O) groups excluding carboxylic acids is 1. The largest absolute Gasteiger partial charge is 0.462 e. The molecule has 25 heavy (non-hydrogen) atoms. The molecule has 2 atom stereocenters. The maximum absolute atomic E-state index is 11.9. The lowest BCUT2D eigenvalue weighted by molar-refractivity contribution is -0.140. The molecule has 0 saturated carbocycles. The number of anilines is 2. The lowest BCUT2D eigenvalue weighted by atomic mass is 10.2. The van der Waals surface area contributed by atoms with Gasteiger partial charge in [0.1, 0.15) is 17.2 Å². The lowest BCUT2D eigenvalue weighted by Gasteiger charge is -2.11. The van der Waals surface area contributed by atoms with E-state index in [4.69, 9.17) is 4.74 Å². The monoisotopic (exact) mass is 351 g/mol. The molecule has 0 unspecified atom stereocenters. The summed E-state index contributed by atoms with van der Waals surface area (Å²) in [7, 11) is 0. The van der Waals surface area contributed by atoms with Crippen LogP contribution in [0.15, 0.2) is 59.8 Å². The Hall–Kier alpha value is -2.60. The van der Waals surface area contributed by atoms with E-state index in [-0.39, 0.29) is 17.3 Å². The predicted octanol–water partition coefficient (Wildman–Crippen LogP) is 4.17. The predicted molar refractivity (Wildman–Crippen MR) is 99.1 cm³/mol. The van der Waals surface area contributed by atoms with Crippen molar-refractivity contribution < 1.29 is 9.53 Å². The molecule has 2 heterocycles. The second-order valence-corrected chi connectivity index (χ2v) is 7.12. The van der Waals surface area contributed by atoms with Crippen molar-refractivity contribution in [3.05, 3.63) is 54.6 Å². The topological polar surface area (TPSA) is 64.1 Å². The van der Waals surface area contributed by atoms with Gasteiger partial charge < -0.3 is 10.1 Å². The van der Waals surface area contributed by atoms with Crippen LogP contribution >= 0.6 is 11.8 Å². The fraction of sp³-hybridized carbons (Fsp3) is 0.211. The number of aromatic nitrogens is 2. The summed E-state index contributed by atoms with van der Waals surface area (Å²) in [5.41, 5.74) is 1.80. The third kappa shape index (κ3) is 3.44. The van der Waals surface area contributed by atoms with Crippen molar-refractivity contribution in [2.45, 2.75) is 29.9 Å². The molecule has 2 aromatic carbocycles. The van der Waals surface area contributed by atoms with Gasteiger partial charge in [-0.1, -0.05) is 42.1 Å². The van der Waals surface area contributed by atoms with E-state index in [1.807, 2.05) is 61.5 Å². The number of thioether (sulfide) groups is 1. The number of hydrogen-bond donors (Lipinski definition) is 1. The molecule has 0 spiro atoms. The van der Waals surface area contributed by atoms with E-state index in [1.165, 1.54) is 11.8 Å². The highest BCUT2D eigenvalue weighted by molar-refractivity contribution is 8.00. The Balaban J connectivity index is 1.70. The number of hydrogen-bond acceptors (Lipinski definition) is 6. The molecule has 0 amide bonds. The van der Waals surface area contributed by atoms with Crippen molar-refractivity contribution >= 4 is 40.1 Å². The quantitative estimate of drug-likeness (QED) is 0.562. The second-order valence-electron chi connectivity index (χ2n) is 5.95. The Labute approximate surface area is 149 Å². The summed E-state index contributed by atoms with van der Waals surface area (Å²) in [6, 6.07) is 17.7. The highest BCUT2D eigenvalue weighted by atomic mass is 32.2. The van der Waals surface area contributed by atoms with Crippen LogP contribution in [-0.2, 0) is 9.53 Å². The highest BCUT2D eigenvalue weighted by Crippen LogP contribution is 2.33. The molecule has 1 saturated heterocycles. The number of rotatable bonds is 4. The molecule has 1 N–H and O–H groups in total. The average molecular weight is 351 g/mol. The van der Waals surface area contributed by atoms with E-state index in [1.54, 1.807) is 0 Å². The second kappa shape index (κ2) is 6.72. The van der Waals surface area contributed by atoms with Gasteiger partial charge >= 0.3 is 5.97 Å². The van der Waals surface area contributed by atoms with Crippen LogP contribution in [0.2, 0.25) is 0 Å². The first kappa shape index (κ1) is 15.9. The number of ether oxygens (including phenoxy) is 1. The molecule has 3 aromatic rings. The molecule has 0 bridgehead atoms. The SMILES string of the molecule is C[C@H]1C[C@@H](Sc2nc(Nc3ccccc3)c3ccccc3n2)C(=O)O1. The smallest absolute Gasteiger partial charge is 0.319 e. The van der Waals surface area contributed by atoms with Gasteiger partial charge in [-0.05, 0) is 31.2 Å². The molecule has 0 aliphatic carbocycles. The number of para-hydroxylation sites is 2. The number of benzene rings is 2. The molecule has 4 rings (SSSR count). The van der Waals surface area contributed by atoms with Crippen LogP contribution in [0.4, 0.5) is 11.5 Å². The number of fused-ring (bicyclic) bond motifs is 1. The van der Waals surface area contributed by atoms with Crippen molar-refractivity contribution in [3.63, 3.8) is 0 Å². The van der Waals surface area contributed by atoms with Crippen LogP contribution in [0, 0.1) is 0 Å². The van der Waals surface area contributed by atoms with E-state index >= 15 is 0 Å². The van der Waals surface area contributed by atoms with Crippen LogP contribution in [0.1, 0.15) is 13.3 Å². The molecule has 126 valence electrons. The zero-order valence-corrected chi connectivity index (χ0v) is 14.5. The molecule has 6 heteroatoms. The summed E-state index contributed by atoms with van der Waals surface area (Å²) >= 11 is 1.37. The molecule has 1 fully saturated rings. The molecular formula is C19H17N3O2S. The molecule has 0 radical (unpaired) electrons. The van der Waals surface area contributed by atoms with E-state index in [0.717, 1.165) is 22.4 Å². The van der Waals surface area contributed by atoms with Gasteiger partial charge in [0.25, 0.3) is 0 Å². The lowest BCUT2D eigenvalue weighted by Crippen LogP contribution is -2.10. The number of nitrogens with zero attached hydrogens (tertiary/aromatic N) is 2. The molecule has 1 aliphatic rings. The van der Waals surface area contributed by atoms with Gasteiger partial charge in [0.05, 0.1) is 5.52 Å². The highest BCUT2D eigenvalue weighted by Gasteiger charge is 2.33. The minimum Gasteiger partial charge on any atom is -0.462 e. The van der Waals surface area contributed by atoms with Crippen molar-refractivity contribution in [2.75, 3.05) is 5.32 Å². The normalized spacial score (nSPS) is 19.8. The number of cyclic esters (lactones) is 1. The fourth-order valence-electron chi connectivity index (χ4n) is 2.80. The standard InChI is InChI=1S/C19H17N3O2S/c1-12-11-16(18(23)24-12)25-19-21-15-10-6-5-9-14(15)17(22-19)20-13-7-3-2-4-8-13/h2-10,12,16H,11H2,1H3,(H,20,21,22)/t12-,16+/m0/s1. The summed E-state index contributed by atoms with van der Waals surface area (Å²) in [4.78, 5) is 21.2. The van der Waals surface area contributed by atoms with Crippen LogP contribution in [0.25, 0.3) is 10.9 Å². The molecular weight excluding hydrogens is 334 g/mol. The number of esters is 1. The Morgan fingerprint density at radius 1 is 1.08 bits per heavy atom. The van der Waals surface area contributed by atoms with E-state index in [0.29, 0.717) is 11.6 Å². The van der Waals surface area contributed by atoms with Crippen LogP contribution in [0.5, 0.6) is 0 Å². The first-order chi connectivity index (χ1) is 12.2. The summed E-state index contributed by atoms with van der Waals surface area (Å²) in [6.07, 6.45) is 0.633. The molecule has 1 aromatic heterocycles. The maximum Gasteiger partial charge on any atom is 0.319 e. The maximum atomic E-state index is 11.9. The van der Waals surface area contributed by atoms with E-state index in [9.17, 15) is 4.79 Å². The number of nitrogens with one attached hydrogen (secondary N) is 1. The summed E-state index contributed by atoms with van der Waals surface area (Å²) < 4.78 is 5.23. The first-order valence-electron chi connectivity index (χ1n) is 8.15. The van der Waals surface area contributed by atoms with Crippen LogP contribution in [0.3, 0.4) is 0 Å². The minimum absolute atomic E-state index is 0.0487. The van der Waals surface area contributed by atoms with Gasteiger partial charge in [-0.15, -0.1) is 0 Å². The van der Waals surface area contributed by atoms with Crippen molar-refractivity contribution in [2.24, 2.45) is 0 Å². The van der Waals surface area contributed by atoms with Gasteiger partial charge in [-0.3, -0.25) is 4.79 Å². The van der Waals surface area contributed by atoms with Crippen LogP contribution in [-0.4, -0.2) is 27.3 Å². The Bertz CT molecular complexity index is 917. The Morgan fingerprint density at radius 3 is 2.60 bits per heavy atom. The summed E-state index contributed by atoms with van der Waals surface area (Å²) in [5, 5.41) is 4.62. The fourth-order valence-corrected chi connectivity index (χ4v) is 3.87. The number of carbonyl (C=O) groups is 1. The summed E-state index contributed by atoms with van der Waals surface area (Å²) in [5.74, 6) is 0.547. The zero-order valence-electron chi connectivity index (χ0n) is 13.7. The van der Waals surface area contributed by atoms with E-state index < -0.39 is 0 Å². The first-order valence-corrected chi connectivity index (χ1v) is 9.03. The summed E-state index contributed by atoms with van der Waals surface area (Å²) in [6.45, 7) is 1.90. The third-order valence-electron chi connectivity index (χ3n) is 3.99. The van der Waals surface area contributed by atoms with Gasteiger partial charge in [0, 0.05) is 17.5 Å². The van der Waals surface area contributed by atoms with Gasteiger partial charge in [-0.2, -0.15) is 0 Å². The van der Waals surface area contributed by atoms with Crippen molar-refractivity contribution in [1.29, 1.82) is 0 Å². The zero-order chi connectivity index (χ0) is 17.2. The Morgan fingerprint density at radius 2 is 1.84 bits per heavy atom. The minimum atomic E-state index is -0.249. The molecule has 5 nitrogen and oxygen atoms in total.